The van der Waals surface area contributed by atoms with Crippen LogP contribution >= 0.6 is 0 Å². The quantitative estimate of drug-likeness (QED) is 0.654. The van der Waals surface area contributed by atoms with E-state index in [0.717, 1.165) is 0 Å². The van der Waals surface area contributed by atoms with Gasteiger partial charge in [0.2, 0.25) is 18.3 Å². The highest BCUT2D eigenvalue weighted by molar-refractivity contribution is 5.96. The smallest absolute Gasteiger partial charge is 0.338 e. The molecule has 0 aromatic heterocycles. The van der Waals surface area contributed by atoms with Gasteiger partial charge in [0.05, 0.1) is 18.6 Å². The highest BCUT2D eigenvalue weighted by Gasteiger charge is 2.42. The summed E-state index contributed by atoms with van der Waals surface area (Å²) in [6.45, 7) is 0.141. The molecule has 2 heterocycles. The van der Waals surface area contributed by atoms with E-state index in [1.165, 1.54) is 6.26 Å². The van der Waals surface area contributed by atoms with Crippen molar-refractivity contribution in [3.8, 4) is 23.0 Å². The molecule has 2 aromatic rings. The van der Waals surface area contributed by atoms with Crippen LogP contribution in [0.25, 0.3) is 0 Å². The van der Waals surface area contributed by atoms with E-state index in [9.17, 15) is 9.59 Å². The molecule has 166 valence electrons. The Morgan fingerprint density at radius 1 is 1.03 bits per heavy atom. The predicted molar refractivity (Wildman–Crippen MR) is 111 cm³/mol. The first-order valence-corrected chi connectivity index (χ1v) is 10.4. The average Bonchev–Trinajstić information content (AvgIpc) is 3.29. The number of rotatable bonds is 5. The lowest BCUT2D eigenvalue weighted by atomic mass is 9.80. The summed E-state index contributed by atoms with van der Waals surface area (Å²) >= 11 is 0. The van der Waals surface area contributed by atoms with Crippen molar-refractivity contribution in [2.75, 3.05) is 13.9 Å². The maximum absolute atomic E-state index is 12.9. The Hall–Kier alpha value is -3.68. The van der Waals surface area contributed by atoms with Gasteiger partial charge in [0.25, 0.3) is 0 Å². The minimum atomic E-state index is -0.438. The standard InChI is InChI=1S/C24H22O8/c1-27-15-3-2-4-16(10-15)31-22-12-28-20-11-17(6-7-18(20)23(22)25)32-24(26)14-5-8-19-21(9-14)30-13-29-19/h2-5,8-10,12,17-18,20H,6-7,11,13H2,1H3. The van der Waals surface area contributed by atoms with Gasteiger partial charge in [-0.1, -0.05) is 6.07 Å². The Labute approximate surface area is 184 Å². The molecule has 1 saturated carbocycles. The van der Waals surface area contributed by atoms with Crippen molar-refractivity contribution in [1.82, 2.24) is 0 Å². The first kappa shape index (κ1) is 20.2. The minimum Gasteiger partial charge on any atom is -0.497 e. The number of ether oxygens (including phenoxy) is 6. The lowest BCUT2D eigenvalue weighted by molar-refractivity contribution is -0.132. The molecule has 1 aliphatic carbocycles. The number of ketones is 1. The molecule has 0 bridgehead atoms. The summed E-state index contributed by atoms with van der Waals surface area (Å²) in [4.78, 5) is 25.5. The van der Waals surface area contributed by atoms with E-state index in [0.29, 0.717) is 47.8 Å². The number of hydrogen-bond donors (Lipinski definition) is 0. The lowest BCUT2D eigenvalue weighted by Crippen LogP contribution is -2.43. The number of methoxy groups -OCH3 is 1. The number of carbonyl (C=O) groups is 2. The van der Waals surface area contributed by atoms with Gasteiger partial charge >= 0.3 is 5.97 Å². The first-order chi connectivity index (χ1) is 15.6. The van der Waals surface area contributed by atoms with Crippen molar-refractivity contribution in [1.29, 1.82) is 0 Å². The molecule has 8 heteroatoms. The van der Waals surface area contributed by atoms with Crippen molar-refractivity contribution in [2.24, 2.45) is 5.92 Å². The molecule has 2 aromatic carbocycles. The van der Waals surface area contributed by atoms with Crippen LogP contribution in [-0.2, 0) is 14.3 Å². The average molecular weight is 438 g/mol. The number of esters is 1. The van der Waals surface area contributed by atoms with Crippen LogP contribution in [0.15, 0.2) is 54.5 Å². The third-order valence-corrected chi connectivity index (χ3v) is 5.82. The maximum Gasteiger partial charge on any atom is 0.338 e. The highest BCUT2D eigenvalue weighted by Crippen LogP contribution is 2.36. The fraction of sp³-hybridized carbons (Fsp3) is 0.333. The fourth-order valence-corrected chi connectivity index (χ4v) is 4.15. The van der Waals surface area contributed by atoms with Crippen molar-refractivity contribution in [2.45, 2.75) is 31.5 Å². The molecule has 0 N–H and O–H groups in total. The molecule has 1 fully saturated rings. The molecule has 8 nitrogen and oxygen atoms in total. The minimum absolute atomic E-state index is 0.107. The van der Waals surface area contributed by atoms with Gasteiger partial charge in [0.15, 0.2) is 11.5 Å². The number of carbonyl (C=O) groups excluding carboxylic acids is 2. The highest BCUT2D eigenvalue weighted by atomic mass is 16.7. The van der Waals surface area contributed by atoms with E-state index in [2.05, 4.69) is 0 Å². The number of benzene rings is 2. The topological polar surface area (TPSA) is 89.5 Å². The van der Waals surface area contributed by atoms with Gasteiger partial charge in [0.1, 0.15) is 30.0 Å². The molecule has 0 spiro atoms. The number of hydrogen-bond acceptors (Lipinski definition) is 8. The zero-order valence-corrected chi connectivity index (χ0v) is 17.4. The second-order valence-corrected chi connectivity index (χ2v) is 7.82. The molecule has 3 atom stereocenters. The normalized spacial score (nSPS) is 23.5. The maximum atomic E-state index is 12.9. The second-order valence-electron chi connectivity index (χ2n) is 7.82. The molecule has 0 radical (unpaired) electrons. The second kappa shape index (κ2) is 8.45. The Morgan fingerprint density at radius 3 is 2.75 bits per heavy atom. The number of fused-ring (bicyclic) bond motifs is 2. The van der Waals surface area contributed by atoms with Crippen molar-refractivity contribution >= 4 is 11.8 Å². The summed E-state index contributed by atoms with van der Waals surface area (Å²) in [5.74, 6) is 1.55. The fourth-order valence-electron chi connectivity index (χ4n) is 4.15. The molecule has 5 rings (SSSR count). The Balaban J connectivity index is 1.21. The molecular weight excluding hydrogens is 416 g/mol. The van der Waals surface area contributed by atoms with Crippen LogP contribution in [0.4, 0.5) is 0 Å². The van der Waals surface area contributed by atoms with E-state index in [1.807, 2.05) is 0 Å². The largest absolute Gasteiger partial charge is 0.497 e. The molecule has 2 aliphatic heterocycles. The van der Waals surface area contributed by atoms with Crippen LogP contribution in [0.2, 0.25) is 0 Å². The molecule has 3 aliphatic rings. The van der Waals surface area contributed by atoms with Crippen molar-refractivity contribution in [3.63, 3.8) is 0 Å². The van der Waals surface area contributed by atoms with Crippen LogP contribution < -0.4 is 18.9 Å². The van der Waals surface area contributed by atoms with Gasteiger partial charge in [-0.2, -0.15) is 0 Å². The van der Waals surface area contributed by atoms with Gasteiger partial charge in [0, 0.05) is 12.5 Å². The molecule has 0 amide bonds. The van der Waals surface area contributed by atoms with E-state index < -0.39 is 5.97 Å². The molecular formula is C24H22O8. The molecule has 32 heavy (non-hydrogen) atoms. The van der Waals surface area contributed by atoms with Crippen molar-refractivity contribution in [3.05, 3.63) is 60.0 Å². The Bertz CT molecular complexity index is 1080. The van der Waals surface area contributed by atoms with Crippen LogP contribution in [0.5, 0.6) is 23.0 Å². The Kier molecular flexibility index (Phi) is 5.34. The monoisotopic (exact) mass is 438 g/mol. The lowest BCUT2D eigenvalue weighted by Gasteiger charge is -2.36. The SMILES string of the molecule is COc1cccc(OC2=COC3CC(OC(=O)c4ccc5c(c4)OCO5)CCC3C2=O)c1. The summed E-state index contributed by atoms with van der Waals surface area (Å²) in [6, 6.07) is 12.0. The summed E-state index contributed by atoms with van der Waals surface area (Å²) in [5.41, 5.74) is 0.394. The van der Waals surface area contributed by atoms with Gasteiger partial charge in [-0.25, -0.2) is 4.79 Å². The summed E-state index contributed by atoms with van der Waals surface area (Å²) in [5, 5.41) is 0. The zero-order valence-electron chi connectivity index (χ0n) is 17.4. The number of Topliss-reactive ketones (excluding diaryl/α,β-unsaturated/α-hetero) is 1. The van der Waals surface area contributed by atoms with Gasteiger partial charge in [-0.15, -0.1) is 0 Å². The molecule has 0 saturated heterocycles. The van der Waals surface area contributed by atoms with Gasteiger partial charge in [-0.05, 0) is 43.2 Å². The third-order valence-electron chi connectivity index (χ3n) is 5.82. The zero-order chi connectivity index (χ0) is 22.1. The third kappa shape index (κ3) is 3.95. The first-order valence-electron chi connectivity index (χ1n) is 10.4. The predicted octanol–water partition coefficient (Wildman–Crippen LogP) is 3.64. The summed E-state index contributed by atoms with van der Waals surface area (Å²) in [7, 11) is 1.57. The van der Waals surface area contributed by atoms with Gasteiger partial charge in [-0.3, -0.25) is 4.79 Å². The van der Waals surface area contributed by atoms with E-state index >= 15 is 0 Å². The Morgan fingerprint density at radius 2 is 1.88 bits per heavy atom. The van der Waals surface area contributed by atoms with Crippen LogP contribution in [0.1, 0.15) is 29.6 Å². The van der Waals surface area contributed by atoms with E-state index in [-0.39, 0.29) is 36.5 Å². The summed E-state index contributed by atoms with van der Waals surface area (Å²) in [6.07, 6.45) is 2.21. The van der Waals surface area contributed by atoms with E-state index in [1.54, 1.807) is 49.6 Å². The van der Waals surface area contributed by atoms with Crippen LogP contribution in [-0.4, -0.2) is 37.9 Å². The van der Waals surface area contributed by atoms with E-state index in [4.69, 9.17) is 28.4 Å². The van der Waals surface area contributed by atoms with Gasteiger partial charge < -0.3 is 28.4 Å². The van der Waals surface area contributed by atoms with Crippen LogP contribution in [0.3, 0.4) is 0 Å². The molecule has 3 unspecified atom stereocenters. The van der Waals surface area contributed by atoms with Crippen molar-refractivity contribution < 1.29 is 38.0 Å². The summed E-state index contributed by atoms with van der Waals surface area (Å²) < 4.78 is 33.0. The number of allylic oxidation sites excluding steroid dienone is 1. The van der Waals surface area contributed by atoms with Crippen LogP contribution in [0, 0.1) is 5.92 Å².